The lowest BCUT2D eigenvalue weighted by molar-refractivity contribution is -0.140. The summed E-state index contributed by atoms with van der Waals surface area (Å²) in [5.41, 5.74) is 1.13. The van der Waals surface area contributed by atoms with E-state index in [1.54, 1.807) is 51.1 Å². The summed E-state index contributed by atoms with van der Waals surface area (Å²) in [4.78, 5) is 28.3. The topological polar surface area (TPSA) is 86.8 Å². The fraction of sp³-hybridized carbons (Fsp3) is 0.310. The van der Waals surface area contributed by atoms with E-state index in [1.807, 2.05) is 6.92 Å². The van der Waals surface area contributed by atoms with Gasteiger partial charge in [0.2, 0.25) is 11.8 Å². The van der Waals surface area contributed by atoms with Crippen LogP contribution in [0.4, 0.5) is 10.1 Å². The Morgan fingerprint density at radius 3 is 2.20 bits per heavy atom. The van der Waals surface area contributed by atoms with Crippen LogP contribution < -0.4 is 9.62 Å². The Bertz CT molecular complexity index is 1470. The summed E-state index contributed by atoms with van der Waals surface area (Å²) in [6, 6.07) is 15.1. The van der Waals surface area contributed by atoms with Crippen molar-refractivity contribution in [1.29, 1.82) is 0 Å². The van der Waals surface area contributed by atoms with E-state index in [0.717, 1.165) is 15.9 Å². The first-order valence-corrected chi connectivity index (χ1v) is 14.9. The van der Waals surface area contributed by atoms with E-state index in [2.05, 4.69) is 5.32 Å². The Kier molecular flexibility index (Phi) is 10.6. The van der Waals surface area contributed by atoms with Crippen LogP contribution in [-0.4, -0.2) is 43.8 Å². The highest BCUT2D eigenvalue weighted by Crippen LogP contribution is 2.28. The van der Waals surface area contributed by atoms with Gasteiger partial charge < -0.3 is 10.2 Å². The van der Waals surface area contributed by atoms with E-state index in [-0.39, 0.29) is 34.6 Å². The molecule has 0 aliphatic carbocycles. The lowest BCUT2D eigenvalue weighted by atomic mass is 10.1. The second-order valence-electron chi connectivity index (χ2n) is 9.63. The average Bonchev–Trinajstić information content (AvgIpc) is 2.89. The maximum Gasteiger partial charge on any atom is 0.264 e. The zero-order valence-corrected chi connectivity index (χ0v) is 25.0. The lowest BCUT2D eigenvalue weighted by Gasteiger charge is -2.33. The fourth-order valence-electron chi connectivity index (χ4n) is 4.14. The Balaban J connectivity index is 2.09. The van der Waals surface area contributed by atoms with Crippen molar-refractivity contribution in [2.75, 3.05) is 10.8 Å². The molecule has 0 saturated heterocycles. The molecule has 0 heterocycles. The molecule has 0 radical (unpaired) electrons. The second-order valence-corrected chi connectivity index (χ2v) is 12.3. The fourth-order valence-corrected chi connectivity index (χ4v) is 5.88. The number of hydrogen-bond donors (Lipinski definition) is 1. The zero-order chi connectivity index (χ0) is 29.6. The molecule has 3 rings (SSSR count). The Morgan fingerprint density at radius 2 is 1.62 bits per heavy atom. The third kappa shape index (κ3) is 7.53. The van der Waals surface area contributed by atoms with Gasteiger partial charge in [0.05, 0.1) is 20.6 Å². The molecule has 3 aromatic rings. The summed E-state index contributed by atoms with van der Waals surface area (Å²) >= 11 is 12.3. The molecule has 11 heteroatoms. The third-order valence-electron chi connectivity index (χ3n) is 6.16. The maximum atomic E-state index is 15.0. The number of nitrogens with zero attached hydrogens (tertiary/aromatic N) is 2. The molecule has 0 bridgehead atoms. The minimum atomic E-state index is -4.37. The van der Waals surface area contributed by atoms with Gasteiger partial charge in [-0.2, -0.15) is 0 Å². The summed E-state index contributed by atoms with van der Waals surface area (Å²) in [6.07, 6.45) is 0.246. The van der Waals surface area contributed by atoms with Crippen LogP contribution in [0, 0.1) is 12.7 Å². The average molecular weight is 609 g/mol. The van der Waals surface area contributed by atoms with Gasteiger partial charge in [-0.15, -0.1) is 0 Å². The minimum absolute atomic E-state index is 0.0601. The highest BCUT2D eigenvalue weighted by molar-refractivity contribution is 7.92. The largest absolute Gasteiger partial charge is 0.352 e. The standard InChI is InChI=1S/C29H32Cl2FN3O4S/c1-5-26(29(37)33-19(2)3)34(17-21-12-15-23(30)24(31)16-21)28(36)18-35(27-9-7-6-8-25(27)32)40(38,39)22-13-10-20(4)11-14-22/h6-16,19,26H,5,17-18H2,1-4H3,(H,33,37). The number of sulfonamides is 1. The molecule has 0 aliphatic heterocycles. The van der Waals surface area contributed by atoms with Gasteiger partial charge in [0, 0.05) is 12.6 Å². The monoisotopic (exact) mass is 607 g/mol. The van der Waals surface area contributed by atoms with Gasteiger partial charge >= 0.3 is 0 Å². The predicted molar refractivity (Wildman–Crippen MR) is 156 cm³/mol. The molecule has 0 aromatic heterocycles. The molecule has 7 nitrogen and oxygen atoms in total. The van der Waals surface area contributed by atoms with Crippen molar-refractivity contribution in [2.24, 2.45) is 0 Å². The highest BCUT2D eigenvalue weighted by Gasteiger charge is 2.34. The molecule has 0 spiro atoms. The van der Waals surface area contributed by atoms with E-state index in [4.69, 9.17) is 23.2 Å². The van der Waals surface area contributed by atoms with Crippen molar-refractivity contribution in [3.8, 4) is 0 Å². The van der Waals surface area contributed by atoms with Crippen LogP contribution in [0.1, 0.15) is 38.3 Å². The summed E-state index contributed by atoms with van der Waals surface area (Å²) in [5, 5.41) is 3.41. The van der Waals surface area contributed by atoms with Gasteiger partial charge in [-0.05, 0) is 69.2 Å². The Labute approximate surface area is 244 Å². The molecule has 0 saturated carbocycles. The molecular weight excluding hydrogens is 576 g/mol. The van der Waals surface area contributed by atoms with Gasteiger partial charge in [-0.1, -0.05) is 66.0 Å². The van der Waals surface area contributed by atoms with E-state index >= 15 is 4.39 Å². The maximum absolute atomic E-state index is 15.0. The Hall–Kier alpha value is -3.14. The molecule has 3 aromatic carbocycles. The number of carbonyl (C=O) groups is 2. The van der Waals surface area contributed by atoms with Crippen molar-refractivity contribution >= 4 is 50.7 Å². The molecule has 1 atom stereocenters. The lowest BCUT2D eigenvalue weighted by Crippen LogP contribution is -2.53. The SMILES string of the molecule is CCC(C(=O)NC(C)C)N(Cc1ccc(Cl)c(Cl)c1)C(=O)CN(c1ccccc1F)S(=O)(=O)c1ccc(C)cc1. The van der Waals surface area contributed by atoms with E-state index in [9.17, 15) is 18.0 Å². The second kappa shape index (κ2) is 13.5. The molecule has 0 aliphatic rings. The molecule has 1 N–H and O–H groups in total. The zero-order valence-electron chi connectivity index (χ0n) is 22.7. The summed E-state index contributed by atoms with van der Waals surface area (Å²) in [6.45, 7) is 6.34. The normalized spacial score (nSPS) is 12.2. The molecule has 1 unspecified atom stereocenters. The molecule has 2 amide bonds. The van der Waals surface area contributed by atoms with E-state index in [0.29, 0.717) is 10.6 Å². The van der Waals surface area contributed by atoms with Crippen molar-refractivity contribution in [3.05, 3.63) is 93.7 Å². The van der Waals surface area contributed by atoms with Crippen molar-refractivity contribution in [3.63, 3.8) is 0 Å². The third-order valence-corrected chi connectivity index (χ3v) is 8.68. The van der Waals surface area contributed by atoms with Crippen LogP contribution >= 0.6 is 23.2 Å². The van der Waals surface area contributed by atoms with Crippen LogP contribution in [0.15, 0.2) is 71.6 Å². The predicted octanol–water partition coefficient (Wildman–Crippen LogP) is 5.97. The number of rotatable bonds is 11. The number of amides is 2. The van der Waals surface area contributed by atoms with Gasteiger partial charge in [0.25, 0.3) is 10.0 Å². The number of halogens is 3. The smallest absolute Gasteiger partial charge is 0.264 e. The van der Waals surface area contributed by atoms with Gasteiger partial charge in [-0.25, -0.2) is 12.8 Å². The van der Waals surface area contributed by atoms with E-state index < -0.39 is 40.2 Å². The summed E-state index contributed by atoms with van der Waals surface area (Å²) < 4.78 is 43.3. The summed E-state index contributed by atoms with van der Waals surface area (Å²) in [7, 11) is -4.37. The number of nitrogens with one attached hydrogen (secondary N) is 1. The van der Waals surface area contributed by atoms with Crippen LogP contribution in [0.5, 0.6) is 0 Å². The first-order chi connectivity index (χ1) is 18.8. The van der Waals surface area contributed by atoms with Crippen LogP contribution in [0.3, 0.4) is 0 Å². The van der Waals surface area contributed by atoms with Crippen molar-refractivity contribution in [2.45, 2.75) is 57.6 Å². The first-order valence-electron chi connectivity index (χ1n) is 12.7. The van der Waals surface area contributed by atoms with E-state index in [1.165, 1.54) is 35.2 Å². The van der Waals surface area contributed by atoms with Crippen LogP contribution in [-0.2, 0) is 26.2 Å². The van der Waals surface area contributed by atoms with Gasteiger partial charge in [0.1, 0.15) is 18.4 Å². The first kappa shape index (κ1) is 31.4. The molecular formula is C29H32Cl2FN3O4S. The quantitative estimate of drug-likeness (QED) is 0.291. The van der Waals surface area contributed by atoms with Crippen molar-refractivity contribution in [1.82, 2.24) is 10.2 Å². The van der Waals surface area contributed by atoms with Crippen molar-refractivity contribution < 1.29 is 22.4 Å². The van der Waals surface area contributed by atoms with Crippen LogP contribution in [0.2, 0.25) is 10.0 Å². The number of carbonyl (C=O) groups excluding carboxylic acids is 2. The van der Waals surface area contributed by atoms with Gasteiger partial charge in [-0.3, -0.25) is 13.9 Å². The highest BCUT2D eigenvalue weighted by atomic mass is 35.5. The number of anilines is 1. The number of benzene rings is 3. The number of hydrogen-bond acceptors (Lipinski definition) is 4. The molecule has 214 valence electrons. The number of para-hydroxylation sites is 1. The van der Waals surface area contributed by atoms with Crippen LogP contribution in [0.25, 0.3) is 0 Å². The number of aryl methyl sites for hydroxylation is 1. The minimum Gasteiger partial charge on any atom is -0.352 e. The Morgan fingerprint density at radius 1 is 0.975 bits per heavy atom. The summed E-state index contributed by atoms with van der Waals surface area (Å²) in [5.74, 6) is -1.91. The molecule has 0 fully saturated rings. The van der Waals surface area contributed by atoms with Gasteiger partial charge in [0.15, 0.2) is 0 Å². The molecule has 40 heavy (non-hydrogen) atoms.